The van der Waals surface area contributed by atoms with Crippen LogP contribution in [0.2, 0.25) is 0 Å². The fraction of sp³-hybridized carbons (Fsp3) is 0.235. The summed E-state index contributed by atoms with van der Waals surface area (Å²) in [6, 6.07) is 15.5. The van der Waals surface area contributed by atoms with Gasteiger partial charge in [0.2, 0.25) is 0 Å². The lowest BCUT2D eigenvalue weighted by Crippen LogP contribution is -2.22. The van der Waals surface area contributed by atoms with Gasteiger partial charge in [0.25, 0.3) is 0 Å². The smallest absolute Gasteiger partial charge is 0.314 e. The van der Waals surface area contributed by atoms with E-state index in [-0.39, 0.29) is 12.5 Å². The molecule has 2 aromatic rings. The number of carbonyl (C=O) groups is 1. The summed E-state index contributed by atoms with van der Waals surface area (Å²) in [6.07, 6.45) is 0. The van der Waals surface area contributed by atoms with Crippen molar-refractivity contribution in [1.29, 1.82) is 0 Å². The van der Waals surface area contributed by atoms with Gasteiger partial charge < -0.3 is 15.2 Å². The van der Waals surface area contributed by atoms with Crippen LogP contribution in [0.5, 0.6) is 5.75 Å². The Hall–Kier alpha value is -2.33. The molecular formula is C17H19NO3. The Bertz CT molecular complexity index is 608. The van der Waals surface area contributed by atoms with E-state index in [0.717, 1.165) is 22.4 Å². The van der Waals surface area contributed by atoms with Crippen LogP contribution >= 0.6 is 0 Å². The average Bonchev–Trinajstić information content (AvgIpc) is 2.56. The highest BCUT2D eigenvalue weighted by atomic mass is 16.5. The van der Waals surface area contributed by atoms with E-state index in [0.29, 0.717) is 0 Å². The van der Waals surface area contributed by atoms with Crippen molar-refractivity contribution in [1.82, 2.24) is 0 Å². The summed E-state index contributed by atoms with van der Waals surface area (Å²) < 4.78 is 10.1. The first-order valence-corrected chi connectivity index (χ1v) is 6.72. The maximum Gasteiger partial charge on any atom is 0.314 e. The molecule has 0 amide bonds. The Balaban J connectivity index is 2.32. The van der Waals surface area contributed by atoms with Gasteiger partial charge in [0.1, 0.15) is 5.75 Å². The van der Waals surface area contributed by atoms with Gasteiger partial charge in [-0.15, -0.1) is 0 Å². The molecule has 1 unspecified atom stereocenters. The largest absolute Gasteiger partial charge is 0.496 e. The lowest BCUT2D eigenvalue weighted by Gasteiger charge is -2.14. The van der Waals surface area contributed by atoms with Crippen LogP contribution in [0, 0.1) is 0 Å². The monoisotopic (exact) mass is 285 g/mol. The Labute approximate surface area is 124 Å². The molecule has 0 spiro atoms. The molecule has 2 aromatic carbocycles. The Morgan fingerprint density at radius 2 is 1.76 bits per heavy atom. The lowest BCUT2D eigenvalue weighted by molar-refractivity contribution is -0.142. The minimum Gasteiger partial charge on any atom is -0.496 e. The average molecular weight is 285 g/mol. The Morgan fingerprint density at radius 1 is 1.10 bits per heavy atom. The Morgan fingerprint density at radius 3 is 2.33 bits per heavy atom. The SMILES string of the molecule is COC(=O)C(CN)c1ccc(-c2ccccc2OC)cc1. The molecule has 0 fully saturated rings. The van der Waals surface area contributed by atoms with Crippen molar-refractivity contribution < 1.29 is 14.3 Å². The normalized spacial score (nSPS) is 11.8. The van der Waals surface area contributed by atoms with Gasteiger partial charge in [0.05, 0.1) is 20.1 Å². The first-order valence-electron chi connectivity index (χ1n) is 6.72. The number of rotatable bonds is 5. The van der Waals surface area contributed by atoms with Crippen molar-refractivity contribution in [3.8, 4) is 16.9 Å². The van der Waals surface area contributed by atoms with E-state index in [1.165, 1.54) is 7.11 Å². The van der Waals surface area contributed by atoms with Gasteiger partial charge >= 0.3 is 5.97 Å². The highest BCUT2D eigenvalue weighted by Gasteiger charge is 2.19. The van der Waals surface area contributed by atoms with E-state index in [1.54, 1.807) is 7.11 Å². The number of hydrogen-bond acceptors (Lipinski definition) is 4. The number of nitrogens with two attached hydrogens (primary N) is 1. The van der Waals surface area contributed by atoms with Gasteiger partial charge in [0.15, 0.2) is 0 Å². The van der Waals surface area contributed by atoms with Crippen LogP contribution in [0.3, 0.4) is 0 Å². The second-order valence-corrected chi connectivity index (χ2v) is 4.63. The summed E-state index contributed by atoms with van der Waals surface area (Å²) in [5, 5.41) is 0. The summed E-state index contributed by atoms with van der Waals surface area (Å²) in [4.78, 5) is 11.7. The quantitative estimate of drug-likeness (QED) is 0.858. The molecule has 21 heavy (non-hydrogen) atoms. The van der Waals surface area contributed by atoms with E-state index in [4.69, 9.17) is 15.2 Å². The van der Waals surface area contributed by atoms with Gasteiger partial charge in [-0.25, -0.2) is 0 Å². The van der Waals surface area contributed by atoms with Crippen molar-refractivity contribution in [2.45, 2.75) is 5.92 Å². The Kier molecular flexibility index (Phi) is 4.95. The van der Waals surface area contributed by atoms with E-state index < -0.39 is 5.92 Å². The second-order valence-electron chi connectivity index (χ2n) is 4.63. The van der Waals surface area contributed by atoms with E-state index in [2.05, 4.69) is 0 Å². The number of esters is 1. The molecule has 0 aliphatic rings. The number of benzene rings is 2. The number of ether oxygens (including phenoxy) is 2. The zero-order valence-electron chi connectivity index (χ0n) is 12.2. The van der Waals surface area contributed by atoms with Crippen LogP contribution in [0.4, 0.5) is 0 Å². The predicted octanol–water partition coefficient (Wildman–Crippen LogP) is 2.58. The second kappa shape index (κ2) is 6.90. The summed E-state index contributed by atoms with van der Waals surface area (Å²) in [5.74, 6) is 0.0675. The summed E-state index contributed by atoms with van der Waals surface area (Å²) >= 11 is 0. The third-order valence-electron chi connectivity index (χ3n) is 3.45. The summed E-state index contributed by atoms with van der Waals surface area (Å²) in [7, 11) is 3.02. The molecule has 0 aliphatic carbocycles. The third-order valence-corrected chi connectivity index (χ3v) is 3.45. The van der Waals surface area contributed by atoms with Crippen LogP contribution in [0.25, 0.3) is 11.1 Å². The fourth-order valence-electron chi connectivity index (χ4n) is 2.29. The van der Waals surface area contributed by atoms with Gasteiger partial charge in [-0.1, -0.05) is 42.5 Å². The number of methoxy groups -OCH3 is 2. The molecule has 1 atom stereocenters. The van der Waals surface area contributed by atoms with Gasteiger partial charge in [-0.3, -0.25) is 4.79 Å². The van der Waals surface area contributed by atoms with Crippen molar-refractivity contribution in [3.05, 3.63) is 54.1 Å². The molecule has 0 saturated heterocycles. The maximum absolute atomic E-state index is 11.7. The van der Waals surface area contributed by atoms with Crippen LogP contribution in [-0.4, -0.2) is 26.7 Å². The van der Waals surface area contributed by atoms with Crippen LogP contribution in [-0.2, 0) is 9.53 Å². The summed E-state index contributed by atoms with van der Waals surface area (Å²) in [5.41, 5.74) is 8.54. The first-order chi connectivity index (χ1) is 10.2. The van der Waals surface area contributed by atoms with Crippen molar-refractivity contribution in [2.24, 2.45) is 5.73 Å². The molecule has 2 rings (SSSR count). The topological polar surface area (TPSA) is 61.5 Å². The molecule has 0 heterocycles. The molecule has 110 valence electrons. The first kappa shape index (κ1) is 15.1. The standard InChI is InChI=1S/C17H19NO3/c1-20-16-6-4-3-5-14(16)12-7-9-13(10-8-12)15(11-18)17(19)21-2/h3-10,15H,11,18H2,1-2H3. The van der Waals surface area contributed by atoms with Crippen LogP contribution < -0.4 is 10.5 Å². The zero-order chi connectivity index (χ0) is 15.2. The molecule has 0 aromatic heterocycles. The van der Waals surface area contributed by atoms with Crippen molar-refractivity contribution in [3.63, 3.8) is 0 Å². The van der Waals surface area contributed by atoms with Gasteiger partial charge in [-0.05, 0) is 17.2 Å². The molecule has 0 bridgehead atoms. The number of carbonyl (C=O) groups excluding carboxylic acids is 1. The van der Waals surface area contributed by atoms with E-state index in [1.807, 2.05) is 48.5 Å². The molecule has 0 radical (unpaired) electrons. The minimum atomic E-state index is -0.429. The van der Waals surface area contributed by atoms with Crippen LogP contribution in [0.1, 0.15) is 11.5 Å². The third kappa shape index (κ3) is 3.23. The van der Waals surface area contributed by atoms with Gasteiger partial charge in [-0.2, -0.15) is 0 Å². The molecule has 4 heteroatoms. The predicted molar refractivity (Wildman–Crippen MR) is 82.2 cm³/mol. The maximum atomic E-state index is 11.7. The highest BCUT2D eigenvalue weighted by molar-refractivity contribution is 5.79. The van der Waals surface area contributed by atoms with E-state index >= 15 is 0 Å². The molecule has 0 aliphatic heterocycles. The van der Waals surface area contributed by atoms with Crippen LogP contribution in [0.15, 0.2) is 48.5 Å². The van der Waals surface area contributed by atoms with Gasteiger partial charge in [0, 0.05) is 12.1 Å². The van der Waals surface area contributed by atoms with E-state index in [9.17, 15) is 4.79 Å². The highest BCUT2D eigenvalue weighted by Crippen LogP contribution is 2.30. The molecule has 2 N–H and O–H groups in total. The number of para-hydroxylation sites is 1. The molecule has 4 nitrogen and oxygen atoms in total. The molecule has 0 saturated carbocycles. The van der Waals surface area contributed by atoms with Crippen molar-refractivity contribution in [2.75, 3.05) is 20.8 Å². The minimum absolute atomic E-state index is 0.223. The van der Waals surface area contributed by atoms with Crippen molar-refractivity contribution >= 4 is 5.97 Å². The lowest BCUT2D eigenvalue weighted by atomic mass is 9.96. The summed E-state index contributed by atoms with van der Waals surface area (Å²) in [6.45, 7) is 0.223. The zero-order valence-corrected chi connectivity index (χ0v) is 12.2. The molecular weight excluding hydrogens is 266 g/mol. The fourth-order valence-corrected chi connectivity index (χ4v) is 2.29. The number of hydrogen-bond donors (Lipinski definition) is 1.